The van der Waals surface area contributed by atoms with Crippen molar-refractivity contribution in [1.29, 1.82) is 0 Å². The third-order valence-electron chi connectivity index (χ3n) is 8.38. The van der Waals surface area contributed by atoms with Crippen molar-refractivity contribution in [3.05, 3.63) is 185 Å². The number of fused-ring (bicyclic) bond motifs is 2. The Balaban J connectivity index is 1.33. The van der Waals surface area contributed by atoms with E-state index in [1.165, 1.54) is 16.7 Å². The Morgan fingerprint density at radius 2 is 1.50 bits per heavy atom. The van der Waals surface area contributed by atoms with Crippen LogP contribution >= 0.6 is 0 Å². The third-order valence-corrected chi connectivity index (χ3v) is 8.38. The smallest absolute Gasteiger partial charge is 0.0774 e. The van der Waals surface area contributed by atoms with Gasteiger partial charge in [-0.2, -0.15) is 0 Å². The van der Waals surface area contributed by atoms with Gasteiger partial charge in [0.2, 0.25) is 0 Å². The molecule has 2 heteroatoms. The summed E-state index contributed by atoms with van der Waals surface area (Å²) in [5.41, 5.74) is 13.4. The van der Waals surface area contributed by atoms with E-state index in [2.05, 4.69) is 172 Å². The van der Waals surface area contributed by atoms with E-state index >= 15 is 0 Å². The van der Waals surface area contributed by atoms with Gasteiger partial charge >= 0.3 is 0 Å². The number of rotatable bonds is 6. The fraction of sp³-hybridized carbons (Fsp3) is 0.0682. The van der Waals surface area contributed by atoms with E-state index in [-0.39, 0.29) is 0 Å². The van der Waals surface area contributed by atoms with Gasteiger partial charge in [0, 0.05) is 28.7 Å². The van der Waals surface area contributed by atoms with E-state index in [0.717, 1.165) is 66.0 Å². The lowest BCUT2D eigenvalue weighted by atomic mass is 9.89. The van der Waals surface area contributed by atoms with E-state index in [4.69, 9.17) is 0 Å². The molecule has 0 radical (unpaired) electrons. The van der Waals surface area contributed by atoms with Crippen LogP contribution in [-0.4, -0.2) is 4.98 Å². The molecule has 0 atom stereocenters. The number of pyridine rings is 1. The molecule has 0 saturated heterocycles. The Morgan fingerprint density at radius 1 is 0.717 bits per heavy atom. The normalized spacial score (nSPS) is 15.6. The Kier molecular flexibility index (Phi) is 8.89. The Labute approximate surface area is 272 Å². The molecule has 1 aliphatic carbocycles. The summed E-state index contributed by atoms with van der Waals surface area (Å²) in [6.45, 7) is 15.1. The minimum atomic E-state index is 0.942. The van der Waals surface area contributed by atoms with E-state index in [0.29, 0.717) is 0 Å². The summed E-state index contributed by atoms with van der Waals surface area (Å²) in [6, 6.07) is 34.1. The second kappa shape index (κ2) is 13.5. The average molecular weight is 595 g/mol. The minimum absolute atomic E-state index is 0.942. The molecule has 5 aromatic rings. The summed E-state index contributed by atoms with van der Waals surface area (Å²) in [4.78, 5) is 4.53. The highest BCUT2D eigenvalue weighted by molar-refractivity contribution is 5.90. The molecule has 1 heterocycles. The molecule has 4 aromatic carbocycles. The van der Waals surface area contributed by atoms with Crippen LogP contribution in [0.2, 0.25) is 0 Å². The van der Waals surface area contributed by atoms with Gasteiger partial charge in [0.1, 0.15) is 0 Å². The van der Waals surface area contributed by atoms with Crippen molar-refractivity contribution in [3.63, 3.8) is 0 Å². The molecule has 0 aliphatic heterocycles. The van der Waals surface area contributed by atoms with Gasteiger partial charge in [-0.25, -0.2) is 0 Å². The molecule has 46 heavy (non-hydrogen) atoms. The van der Waals surface area contributed by atoms with Gasteiger partial charge in [-0.3, -0.25) is 4.98 Å². The van der Waals surface area contributed by atoms with Gasteiger partial charge < -0.3 is 5.32 Å². The van der Waals surface area contributed by atoms with Crippen LogP contribution in [0.5, 0.6) is 0 Å². The summed E-state index contributed by atoms with van der Waals surface area (Å²) in [7, 11) is 0. The van der Waals surface area contributed by atoms with Crippen LogP contribution in [-0.2, 0) is 0 Å². The SMILES string of the molecule is C=C1\C=C/C=C\C(=C\NC(=C(C)C)c2ccccc2)c2ccc(-c3cccc(/C(C)=C/C=c4/ccc5cccnc5c4=C)c3)cc21. The van der Waals surface area contributed by atoms with Crippen LogP contribution in [0.15, 0.2) is 152 Å². The second-order valence-corrected chi connectivity index (χ2v) is 11.8. The largest absolute Gasteiger partial charge is 0.361 e. The number of benzene rings is 4. The fourth-order valence-electron chi connectivity index (χ4n) is 5.78. The Bertz CT molecular complexity index is 2220. The van der Waals surface area contributed by atoms with E-state index < -0.39 is 0 Å². The minimum Gasteiger partial charge on any atom is -0.361 e. The van der Waals surface area contributed by atoms with E-state index in [1.54, 1.807) is 0 Å². The third kappa shape index (κ3) is 6.52. The molecule has 0 bridgehead atoms. The number of nitrogens with zero attached hydrogens (tertiary/aromatic N) is 1. The first-order valence-electron chi connectivity index (χ1n) is 15.6. The van der Waals surface area contributed by atoms with E-state index in [9.17, 15) is 0 Å². The van der Waals surface area contributed by atoms with Crippen LogP contribution < -0.4 is 15.8 Å². The predicted octanol–water partition coefficient (Wildman–Crippen LogP) is 9.72. The molecule has 0 fully saturated rings. The van der Waals surface area contributed by atoms with Crippen LogP contribution in [0.4, 0.5) is 0 Å². The summed E-state index contributed by atoms with van der Waals surface area (Å²) in [5, 5.41) is 6.73. The van der Waals surface area contributed by atoms with Gasteiger partial charge in [0.05, 0.1) is 5.52 Å². The first-order valence-corrected chi connectivity index (χ1v) is 15.6. The Morgan fingerprint density at radius 3 is 2.33 bits per heavy atom. The maximum atomic E-state index is 4.53. The highest BCUT2D eigenvalue weighted by Gasteiger charge is 2.13. The zero-order valence-electron chi connectivity index (χ0n) is 26.7. The number of allylic oxidation sites excluding steroid dienone is 9. The highest BCUT2D eigenvalue weighted by atomic mass is 14.9. The van der Waals surface area contributed by atoms with Gasteiger partial charge in [-0.15, -0.1) is 0 Å². The lowest BCUT2D eigenvalue weighted by Gasteiger charge is -2.17. The topological polar surface area (TPSA) is 24.9 Å². The molecule has 224 valence electrons. The molecule has 2 nitrogen and oxygen atoms in total. The summed E-state index contributed by atoms with van der Waals surface area (Å²) in [5.74, 6) is 0. The van der Waals surface area contributed by atoms with Crippen LogP contribution in [0.25, 0.3) is 57.1 Å². The zero-order chi connectivity index (χ0) is 32.0. The van der Waals surface area contributed by atoms with Gasteiger partial charge in [-0.1, -0.05) is 134 Å². The first-order chi connectivity index (χ1) is 22.4. The van der Waals surface area contributed by atoms with Gasteiger partial charge in [0.15, 0.2) is 0 Å². The number of aromatic nitrogens is 1. The van der Waals surface area contributed by atoms with Crippen LogP contribution in [0, 0.1) is 0 Å². The van der Waals surface area contributed by atoms with E-state index in [1.807, 2.05) is 18.3 Å². The van der Waals surface area contributed by atoms with Crippen molar-refractivity contribution < 1.29 is 0 Å². The molecule has 6 rings (SSSR count). The lowest BCUT2D eigenvalue weighted by molar-refractivity contribution is 1.17. The lowest BCUT2D eigenvalue weighted by Crippen LogP contribution is -2.23. The summed E-state index contributed by atoms with van der Waals surface area (Å²) in [6.07, 6.45) is 16.6. The molecular formula is C44H38N2. The summed E-state index contributed by atoms with van der Waals surface area (Å²) < 4.78 is 0. The average Bonchev–Trinajstić information content (AvgIpc) is 3.08. The molecule has 1 N–H and O–H groups in total. The molecule has 0 saturated carbocycles. The van der Waals surface area contributed by atoms with Gasteiger partial charge in [0.25, 0.3) is 0 Å². The zero-order valence-corrected chi connectivity index (χ0v) is 26.7. The standard InChI is InChI=1S/C44H38N2/c1-30(2)43(35-14-7-6-8-15-35)46-29-40-16-10-9-13-32(4)42-28-39(24-25-41(40)42)38-18-11-17-37(27-38)31(3)20-21-34-22-23-36-19-12-26-45-44(36)33(34)5/h6-29,46H,4-5H2,1-3H3/b13-9-,16-10-,31-20+,34-21-,40-29-. The van der Waals surface area contributed by atoms with Crippen molar-refractivity contribution in [3.8, 4) is 11.1 Å². The van der Waals surface area contributed by atoms with Crippen molar-refractivity contribution in [1.82, 2.24) is 10.3 Å². The van der Waals surface area contributed by atoms with Crippen molar-refractivity contribution in [2.75, 3.05) is 0 Å². The maximum Gasteiger partial charge on any atom is 0.0774 e. The number of hydrogen-bond donors (Lipinski definition) is 1. The first kappa shape index (κ1) is 30.3. The van der Waals surface area contributed by atoms with Crippen molar-refractivity contribution in [2.24, 2.45) is 0 Å². The fourth-order valence-corrected chi connectivity index (χ4v) is 5.78. The van der Waals surface area contributed by atoms with Gasteiger partial charge in [-0.05, 0) is 94.3 Å². The van der Waals surface area contributed by atoms with Crippen molar-refractivity contribution >= 4 is 46.0 Å². The molecule has 0 spiro atoms. The van der Waals surface area contributed by atoms with Crippen LogP contribution in [0.3, 0.4) is 0 Å². The predicted molar refractivity (Wildman–Crippen MR) is 200 cm³/mol. The van der Waals surface area contributed by atoms with Crippen molar-refractivity contribution in [2.45, 2.75) is 20.8 Å². The number of nitrogens with one attached hydrogen (secondary N) is 1. The summed E-state index contributed by atoms with van der Waals surface area (Å²) >= 11 is 0. The Hall–Kier alpha value is -5.73. The number of hydrogen-bond acceptors (Lipinski definition) is 2. The second-order valence-electron chi connectivity index (χ2n) is 11.8. The maximum absolute atomic E-state index is 4.53. The molecule has 0 amide bonds. The molecule has 1 aliphatic rings. The molecule has 1 aromatic heterocycles. The quantitative estimate of drug-likeness (QED) is 0.212. The molecule has 0 unspecified atom stereocenters. The monoisotopic (exact) mass is 594 g/mol. The molecular weight excluding hydrogens is 556 g/mol. The highest BCUT2D eigenvalue weighted by Crippen LogP contribution is 2.33. The van der Waals surface area contributed by atoms with Crippen LogP contribution in [0.1, 0.15) is 43.0 Å².